The lowest BCUT2D eigenvalue weighted by atomic mass is 10.1. The number of hydrogen-bond acceptors (Lipinski definition) is 2. The summed E-state index contributed by atoms with van der Waals surface area (Å²) in [4.78, 5) is 2.60. The Balaban J connectivity index is 2.30. The lowest BCUT2D eigenvalue weighted by Gasteiger charge is -2.28. The Morgan fingerprint density at radius 1 is 1.27 bits per heavy atom. The van der Waals surface area contributed by atoms with Crippen LogP contribution in [0.5, 0.6) is 0 Å². The van der Waals surface area contributed by atoms with Gasteiger partial charge in [-0.1, -0.05) is 27.2 Å². The van der Waals surface area contributed by atoms with Crippen LogP contribution in [0.4, 0.5) is 0 Å². The van der Waals surface area contributed by atoms with Crippen molar-refractivity contribution in [1.29, 1.82) is 0 Å². The third-order valence-corrected chi connectivity index (χ3v) is 3.73. The second-order valence-electron chi connectivity index (χ2n) is 5.10. The van der Waals surface area contributed by atoms with E-state index in [0.717, 1.165) is 17.9 Å². The Morgan fingerprint density at radius 2 is 1.93 bits per heavy atom. The molecule has 0 aromatic carbocycles. The Labute approximate surface area is 95.4 Å². The van der Waals surface area contributed by atoms with Crippen molar-refractivity contribution in [2.45, 2.75) is 46.1 Å². The maximum absolute atomic E-state index is 3.48. The number of nitrogens with zero attached hydrogens (tertiary/aromatic N) is 1. The molecular weight excluding hydrogens is 184 g/mol. The molecule has 15 heavy (non-hydrogen) atoms. The van der Waals surface area contributed by atoms with Gasteiger partial charge in [0.1, 0.15) is 0 Å². The molecule has 90 valence electrons. The zero-order valence-electron chi connectivity index (χ0n) is 10.9. The fourth-order valence-corrected chi connectivity index (χ4v) is 2.16. The first-order valence-corrected chi connectivity index (χ1v) is 6.60. The zero-order valence-corrected chi connectivity index (χ0v) is 10.9. The second-order valence-corrected chi connectivity index (χ2v) is 5.10. The number of likely N-dealkylation sites (N-methyl/N-ethyl adjacent to an activating group) is 2. The van der Waals surface area contributed by atoms with Crippen LogP contribution in [-0.4, -0.2) is 37.6 Å². The lowest BCUT2D eigenvalue weighted by molar-refractivity contribution is 0.215. The van der Waals surface area contributed by atoms with E-state index in [-0.39, 0.29) is 0 Å². The van der Waals surface area contributed by atoms with Crippen molar-refractivity contribution >= 4 is 0 Å². The predicted octanol–water partition coefficient (Wildman–Crippen LogP) is 2.35. The van der Waals surface area contributed by atoms with Crippen molar-refractivity contribution < 1.29 is 0 Å². The fourth-order valence-electron chi connectivity index (χ4n) is 2.16. The SMILES string of the molecule is CCC(C)CN(CC)CC(NC)C1CC1. The van der Waals surface area contributed by atoms with Crippen LogP contribution in [0.3, 0.4) is 0 Å². The molecule has 0 heterocycles. The second kappa shape index (κ2) is 6.49. The van der Waals surface area contributed by atoms with E-state index in [1.807, 2.05) is 0 Å². The van der Waals surface area contributed by atoms with Gasteiger partial charge in [0.05, 0.1) is 0 Å². The van der Waals surface area contributed by atoms with E-state index in [9.17, 15) is 0 Å². The molecule has 1 aliphatic rings. The van der Waals surface area contributed by atoms with Crippen LogP contribution >= 0.6 is 0 Å². The third-order valence-electron chi connectivity index (χ3n) is 3.73. The van der Waals surface area contributed by atoms with Gasteiger partial charge in [-0.3, -0.25) is 0 Å². The molecule has 1 N–H and O–H groups in total. The summed E-state index contributed by atoms with van der Waals surface area (Å²) in [6, 6.07) is 0.731. The van der Waals surface area contributed by atoms with Crippen LogP contribution in [0.25, 0.3) is 0 Å². The van der Waals surface area contributed by atoms with Gasteiger partial charge >= 0.3 is 0 Å². The van der Waals surface area contributed by atoms with Crippen LogP contribution in [0, 0.1) is 11.8 Å². The van der Waals surface area contributed by atoms with Gasteiger partial charge in [-0.05, 0) is 38.3 Å². The smallest absolute Gasteiger partial charge is 0.0220 e. The summed E-state index contributed by atoms with van der Waals surface area (Å²) < 4.78 is 0. The van der Waals surface area contributed by atoms with Gasteiger partial charge in [0.15, 0.2) is 0 Å². The minimum absolute atomic E-state index is 0.731. The first-order valence-electron chi connectivity index (χ1n) is 6.60. The Kier molecular flexibility index (Phi) is 5.62. The van der Waals surface area contributed by atoms with E-state index in [1.165, 1.54) is 38.9 Å². The van der Waals surface area contributed by atoms with Gasteiger partial charge < -0.3 is 10.2 Å². The summed E-state index contributed by atoms with van der Waals surface area (Å²) in [6.07, 6.45) is 4.17. The molecule has 0 spiro atoms. The molecule has 0 amide bonds. The molecule has 2 unspecified atom stereocenters. The highest BCUT2D eigenvalue weighted by Crippen LogP contribution is 2.32. The molecule has 0 aliphatic heterocycles. The summed E-state index contributed by atoms with van der Waals surface area (Å²) in [7, 11) is 2.11. The van der Waals surface area contributed by atoms with E-state index in [0.29, 0.717) is 0 Å². The summed E-state index contributed by atoms with van der Waals surface area (Å²) >= 11 is 0. The molecular formula is C13H28N2. The summed E-state index contributed by atoms with van der Waals surface area (Å²) in [5.41, 5.74) is 0. The van der Waals surface area contributed by atoms with E-state index < -0.39 is 0 Å². The zero-order chi connectivity index (χ0) is 11.3. The maximum Gasteiger partial charge on any atom is 0.0220 e. The quantitative estimate of drug-likeness (QED) is 0.664. The average Bonchev–Trinajstić information content (AvgIpc) is 3.07. The van der Waals surface area contributed by atoms with Crippen LogP contribution in [0.2, 0.25) is 0 Å². The molecule has 0 saturated heterocycles. The van der Waals surface area contributed by atoms with Gasteiger partial charge in [-0.15, -0.1) is 0 Å². The largest absolute Gasteiger partial charge is 0.315 e. The van der Waals surface area contributed by atoms with Crippen molar-refractivity contribution in [3.63, 3.8) is 0 Å². The first kappa shape index (κ1) is 13.0. The fraction of sp³-hybridized carbons (Fsp3) is 1.00. The van der Waals surface area contributed by atoms with E-state index >= 15 is 0 Å². The van der Waals surface area contributed by atoms with Crippen molar-refractivity contribution in [1.82, 2.24) is 10.2 Å². The molecule has 1 aliphatic carbocycles. The van der Waals surface area contributed by atoms with Crippen LogP contribution in [0.15, 0.2) is 0 Å². The predicted molar refractivity (Wildman–Crippen MR) is 67.1 cm³/mol. The Bertz CT molecular complexity index is 166. The number of nitrogens with one attached hydrogen (secondary N) is 1. The molecule has 2 heteroatoms. The molecule has 1 rings (SSSR count). The highest BCUT2D eigenvalue weighted by Gasteiger charge is 2.31. The van der Waals surface area contributed by atoms with E-state index in [4.69, 9.17) is 0 Å². The van der Waals surface area contributed by atoms with Crippen molar-refractivity contribution in [2.24, 2.45) is 11.8 Å². The minimum Gasteiger partial charge on any atom is -0.315 e. The van der Waals surface area contributed by atoms with Gasteiger partial charge in [0.25, 0.3) is 0 Å². The molecule has 1 saturated carbocycles. The summed E-state index contributed by atoms with van der Waals surface area (Å²) in [5.74, 6) is 1.79. The highest BCUT2D eigenvalue weighted by atomic mass is 15.1. The maximum atomic E-state index is 3.48. The minimum atomic E-state index is 0.731. The van der Waals surface area contributed by atoms with Gasteiger partial charge in [-0.25, -0.2) is 0 Å². The van der Waals surface area contributed by atoms with Gasteiger partial charge in [-0.2, -0.15) is 0 Å². The topological polar surface area (TPSA) is 15.3 Å². The Hall–Kier alpha value is -0.0800. The lowest BCUT2D eigenvalue weighted by Crippen LogP contribution is -2.42. The molecule has 0 aromatic rings. The monoisotopic (exact) mass is 212 g/mol. The van der Waals surface area contributed by atoms with Gasteiger partial charge in [0.2, 0.25) is 0 Å². The van der Waals surface area contributed by atoms with E-state index in [1.54, 1.807) is 0 Å². The van der Waals surface area contributed by atoms with Gasteiger partial charge in [0, 0.05) is 19.1 Å². The molecule has 0 aromatic heterocycles. The van der Waals surface area contributed by atoms with E-state index in [2.05, 4.69) is 38.0 Å². The number of rotatable bonds is 8. The van der Waals surface area contributed by atoms with Crippen molar-refractivity contribution in [3.05, 3.63) is 0 Å². The third kappa shape index (κ3) is 4.52. The Morgan fingerprint density at radius 3 is 2.33 bits per heavy atom. The first-order chi connectivity index (χ1) is 7.21. The molecule has 2 atom stereocenters. The average molecular weight is 212 g/mol. The molecule has 2 nitrogen and oxygen atoms in total. The normalized spacial score (nSPS) is 20.6. The highest BCUT2D eigenvalue weighted by molar-refractivity contribution is 4.87. The standard InChI is InChI=1S/C13H28N2/c1-5-11(3)9-15(6-2)10-13(14-4)12-7-8-12/h11-14H,5-10H2,1-4H3. The number of hydrogen-bond donors (Lipinski definition) is 1. The van der Waals surface area contributed by atoms with Crippen LogP contribution in [0.1, 0.15) is 40.0 Å². The molecule has 0 radical (unpaired) electrons. The molecule has 1 fully saturated rings. The van der Waals surface area contributed by atoms with Crippen molar-refractivity contribution in [3.8, 4) is 0 Å². The molecule has 0 bridgehead atoms. The van der Waals surface area contributed by atoms with Crippen LogP contribution < -0.4 is 5.32 Å². The van der Waals surface area contributed by atoms with Crippen LogP contribution in [-0.2, 0) is 0 Å². The van der Waals surface area contributed by atoms with Crippen molar-refractivity contribution in [2.75, 3.05) is 26.7 Å². The summed E-state index contributed by atoms with van der Waals surface area (Å²) in [6.45, 7) is 10.6. The summed E-state index contributed by atoms with van der Waals surface area (Å²) in [5, 5.41) is 3.48.